The lowest BCUT2D eigenvalue weighted by atomic mass is 10.2. The maximum Gasteiger partial charge on any atom is 0.335 e. The smallest absolute Gasteiger partial charge is 0.335 e. The Bertz CT molecular complexity index is 749. The molecular weight excluding hydrogens is 278 g/mol. The van der Waals surface area contributed by atoms with Gasteiger partial charge in [0.1, 0.15) is 11.8 Å². The highest BCUT2D eigenvalue weighted by Crippen LogP contribution is 2.24. The van der Waals surface area contributed by atoms with Crippen molar-refractivity contribution in [2.75, 3.05) is 0 Å². The molecule has 0 unspecified atom stereocenters. The fraction of sp³-hybridized carbons (Fsp3) is 0. The number of hydrogen-bond donors (Lipinski definition) is 1. The Labute approximate surface area is 118 Å². The summed E-state index contributed by atoms with van der Waals surface area (Å²) in [6.45, 7) is 0. The van der Waals surface area contributed by atoms with Crippen LogP contribution in [0, 0.1) is 21.4 Å². The Hall–Kier alpha value is -3.47. The maximum absolute atomic E-state index is 10.7. The molecule has 0 saturated carbocycles. The first-order valence-corrected chi connectivity index (χ1v) is 5.58. The van der Waals surface area contributed by atoms with Crippen molar-refractivity contribution in [1.82, 2.24) is 4.98 Å². The molecule has 8 heteroatoms. The number of hydrogen-bond acceptors (Lipinski definition) is 6. The van der Waals surface area contributed by atoms with Gasteiger partial charge in [-0.1, -0.05) is 0 Å². The lowest BCUT2D eigenvalue weighted by Gasteiger charge is -2.05. The number of rotatable bonds is 4. The van der Waals surface area contributed by atoms with Crippen LogP contribution in [0.1, 0.15) is 16.1 Å². The van der Waals surface area contributed by atoms with Crippen LogP contribution in [0.3, 0.4) is 0 Å². The third kappa shape index (κ3) is 3.10. The maximum atomic E-state index is 10.7. The Kier molecular flexibility index (Phi) is 3.76. The molecule has 0 aliphatic carbocycles. The van der Waals surface area contributed by atoms with Gasteiger partial charge >= 0.3 is 11.7 Å². The first-order valence-electron chi connectivity index (χ1n) is 5.58. The van der Waals surface area contributed by atoms with Crippen molar-refractivity contribution in [3.8, 4) is 17.7 Å². The lowest BCUT2D eigenvalue weighted by molar-refractivity contribution is -0.385. The first-order chi connectivity index (χ1) is 10.0. The normalized spacial score (nSPS) is 9.67. The van der Waals surface area contributed by atoms with E-state index in [1.165, 1.54) is 30.3 Å². The molecule has 2 rings (SSSR count). The number of aromatic nitrogens is 1. The van der Waals surface area contributed by atoms with Gasteiger partial charge in [0.2, 0.25) is 11.6 Å². The van der Waals surface area contributed by atoms with Gasteiger partial charge in [-0.3, -0.25) is 10.1 Å². The summed E-state index contributed by atoms with van der Waals surface area (Å²) in [7, 11) is 0. The molecule has 0 spiro atoms. The molecule has 1 heterocycles. The predicted octanol–water partition coefficient (Wildman–Crippen LogP) is 2.35. The summed E-state index contributed by atoms with van der Waals surface area (Å²) in [5.74, 6) is -0.771. The SMILES string of the molecule is N#Cc1nc(Oc2ccc(C(=O)O)cc2)ccc1[N+](=O)[O-]. The van der Waals surface area contributed by atoms with Crippen molar-refractivity contribution in [3.05, 3.63) is 57.8 Å². The second-order valence-corrected chi connectivity index (χ2v) is 3.82. The van der Waals surface area contributed by atoms with Crippen LogP contribution in [0.2, 0.25) is 0 Å². The quantitative estimate of drug-likeness (QED) is 0.674. The van der Waals surface area contributed by atoms with Gasteiger partial charge in [0.15, 0.2) is 0 Å². The highest BCUT2D eigenvalue weighted by atomic mass is 16.6. The number of nitrogens with zero attached hydrogens (tertiary/aromatic N) is 3. The lowest BCUT2D eigenvalue weighted by Crippen LogP contribution is -1.98. The van der Waals surface area contributed by atoms with Crippen molar-refractivity contribution >= 4 is 11.7 Å². The second-order valence-electron chi connectivity index (χ2n) is 3.82. The number of aromatic carboxylic acids is 1. The van der Waals surface area contributed by atoms with E-state index in [9.17, 15) is 14.9 Å². The van der Waals surface area contributed by atoms with E-state index in [0.29, 0.717) is 5.75 Å². The van der Waals surface area contributed by atoms with E-state index >= 15 is 0 Å². The number of carbonyl (C=O) groups is 1. The first kappa shape index (κ1) is 14.0. The summed E-state index contributed by atoms with van der Waals surface area (Å²) in [6.07, 6.45) is 0. The van der Waals surface area contributed by atoms with Gasteiger partial charge in [0.05, 0.1) is 10.5 Å². The molecule has 1 N–H and O–H groups in total. The molecule has 21 heavy (non-hydrogen) atoms. The number of carboxylic acids is 1. The van der Waals surface area contributed by atoms with Gasteiger partial charge in [0, 0.05) is 12.1 Å². The largest absolute Gasteiger partial charge is 0.478 e. The number of benzene rings is 1. The standard InChI is InChI=1S/C13H7N3O5/c14-7-10-11(16(19)20)5-6-12(15-10)21-9-3-1-8(2-4-9)13(17)18/h1-6H,(H,17,18). The highest BCUT2D eigenvalue weighted by Gasteiger charge is 2.16. The van der Waals surface area contributed by atoms with Crippen molar-refractivity contribution in [1.29, 1.82) is 5.26 Å². The van der Waals surface area contributed by atoms with Gasteiger partial charge in [-0.15, -0.1) is 0 Å². The fourth-order valence-electron chi connectivity index (χ4n) is 1.51. The zero-order valence-corrected chi connectivity index (χ0v) is 10.4. The van der Waals surface area contributed by atoms with Crippen molar-refractivity contribution in [2.45, 2.75) is 0 Å². The zero-order chi connectivity index (χ0) is 15.4. The molecule has 8 nitrogen and oxygen atoms in total. The van der Waals surface area contributed by atoms with Gasteiger partial charge < -0.3 is 9.84 Å². The average Bonchev–Trinajstić information content (AvgIpc) is 2.47. The van der Waals surface area contributed by atoms with E-state index in [2.05, 4.69) is 4.98 Å². The van der Waals surface area contributed by atoms with Crippen LogP contribution >= 0.6 is 0 Å². The van der Waals surface area contributed by atoms with Crippen LogP contribution in [0.5, 0.6) is 11.6 Å². The molecule has 104 valence electrons. The third-order valence-corrected chi connectivity index (χ3v) is 2.47. The summed E-state index contributed by atoms with van der Waals surface area (Å²) in [4.78, 5) is 24.4. The van der Waals surface area contributed by atoms with E-state index in [1.54, 1.807) is 6.07 Å². The Balaban J connectivity index is 2.26. The molecule has 0 atom stereocenters. The number of ether oxygens (including phenoxy) is 1. The number of carboxylic acid groups (broad SMARTS) is 1. The molecule has 0 fully saturated rings. The third-order valence-electron chi connectivity index (χ3n) is 2.47. The molecule has 0 saturated heterocycles. The van der Waals surface area contributed by atoms with Crippen LogP contribution in [0.25, 0.3) is 0 Å². The van der Waals surface area contributed by atoms with Gasteiger partial charge in [0.25, 0.3) is 0 Å². The average molecular weight is 285 g/mol. The molecule has 0 aliphatic heterocycles. The molecule has 0 bridgehead atoms. The van der Waals surface area contributed by atoms with Gasteiger partial charge in [-0.2, -0.15) is 10.2 Å². The Morgan fingerprint density at radius 1 is 1.29 bits per heavy atom. The van der Waals surface area contributed by atoms with Crippen molar-refractivity contribution in [2.24, 2.45) is 0 Å². The minimum Gasteiger partial charge on any atom is -0.478 e. The molecule has 1 aromatic carbocycles. The van der Waals surface area contributed by atoms with Crippen LogP contribution < -0.4 is 4.74 Å². The van der Waals surface area contributed by atoms with E-state index in [4.69, 9.17) is 15.1 Å². The number of nitro groups is 1. The van der Waals surface area contributed by atoms with Gasteiger partial charge in [-0.25, -0.2) is 4.79 Å². The van der Waals surface area contributed by atoms with Crippen LogP contribution in [0.15, 0.2) is 36.4 Å². The summed E-state index contributed by atoms with van der Waals surface area (Å²) in [5, 5.41) is 28.3. The molecule has 0 radical (unpaired) electrons. The molecule has 0 aliphatic rings. The van der Waals surface area contributed by atoms with Crippen LogP contribution in [-0.4, -0.2) is 21.0 Å². The topological polar surface area (TPSA) is 126 Å². The van der Waals surface area contributed by atoms with E-state index in [1.807, 2.05) is 0 Å². The molecule has 1 aromatic heterocycles. The minimum atomic E-state index is -1.07. The Morgan fingerprint density at radius 3 is 2.48 bits per heavy atom. The molecule has 2 aromatic rings. The van der Waals surface area contributed by atoms with E-state index in [0.717, 1.165) is 6.07 Å². The predicted molar refractivity (Wildman–Crippen MR) is 69.1 cm³/mol. The minimum absolute atomic E-state index is 0.000208. The monoisotopic (exact) mass is 285 g/mol. The van der Waals surface area contributed by atoms with Crippen molar-refractivity contribution in [3.63, 3.8) is 0 Å². The van der Waals surface area contributed by atoms with E-state index in [-0.39, 0.29) is 17.1 Å². The second kappa shape index (κ2) is 5.66. The van der Waals surface area contributed by atoms with Crippen LogP contribution in [-0.2, 0) is 0 Å². The zero-order valence-electron chi connectivity index (χ0n) is 10.4. The summed E-state index contributed by atoms with van der Waals surface area (Å²) >= 11 is 0. The molecule has 0 amide bonds. The van der Waals surface area contributed by atoms with Gasteiger partial charge in [-0.05, 0) is 24.3 Å². The molecular formula is C13H7N3O5. The highest BCUT2D eigenvalue weighted by molar-refractivity contribution is 5.87. The fourth-order valence-corrected chi connectivity index (χ4v) is 1.51. The number of nitriles is 1. The summed E-state index contributed by atoms with van der Waals surface area (Å²) in [5.41, 5.74) is -0.678. The summed E-state index contributed by atoms with van der Waals surface area (Å²) < 4.78 is 5.31. The Morgan fingerprint density at radius 2 is 1.95 bits per heavy atom. The van der Waals surface area contributed by atoms with Crippen molar-refractivity contribution < 1.29 is 19.6 Å². The van der Waals surface area contributed by atoms with E-state index < -0.39 is 16.6 Å². The number of pyridine rings is 1. The summed E-state index contributed by atoms with van der Waals surface area (Å²) in [6, 6.07) is 9.50. The van der Waals surface area contributed by atoms with Crippen LogP contribution in [0.4, 0.5) is 5.69 Å².